The fourth-order valence-electron chi connectivity index (χ4n) is 2.31. The highest BCUT2D eigenvalue weighted by Crippen LogP contribution is 2.32. The van der Waals surface area contributed by atoms with Crippen LogP contribution < -0.4 is 5.32 Å². The molecule has 0 radical (unpaired) electrons. The van der Waals surface area contributed by atoms with Crippen LogP contribution in [0.5, 0.6) is 0 Å². The van der Waals surface area contributed by atoms with Crippen LogP contribution in [0.2, 0.25) is 0 Å². The van der Waals surface area contributed by atoms with Crippen molar-refractivity contribution in [3.8, 4) is 0 Å². The van der Waals surface area contributed by atoms with Crippen LogP contribution in [0.3, 0.4) is 0 Å². The number of piperazine rings is 1. The summed E-state index contributed by atoms with van der Waals surface area (Å²) in [6.45, 7) is 2.07. The third-order valence-corrected chi connectivity index (χ3v) is 3.34. The summed E-state index contributed by atoms with van der Waals surface area (Å²) in [6, 6.07) is 4.36. The van der Waals surface area contributed by atoms with Gasteiger partial charge in [0.1, 0.15) is 6.67 Å². The van der Waals surface area contributed by atoms with Crippen molar-refractivity contribution in [1.29, 1.82) is 0 Å². The standard InChI is InChI=1S/C13H16F4N2.2ClH/c14-9-12(19-6-4-18-5-7-19)10-2-1-3-11(8-10)13(15,16)17;;/h1-3,8,12,18H,4-7,9H2;2*1H/t12-;;/m1../s1. The van der Waals surface area contributed by atoms with Gasteiger partial charge in [-0.15, -0.1) is 24.8 Å². The number of benzene rings is 1. The van der Waals surface area contributed by atoms with Crippen LogP contribution in [-0.2, 0) is 6.18 Å². The van der Waals surface area contributed by atoms with Crippen LogP contribution in [0, 0.1) is 0 Å². The third kappa shape index (κ3) is 5.29. The van der Waals surface area contributed by atoms with Gasteiger partial charge in [-0.1, -0.05) is 12.1 Å². The Morgan fingerprint density at radius 1 is 1.14 bits per heavy atom. The fraction of sp³-hybridized carbons (Fsp3) is 0.538. The Kier molecular flexibility index (Phi) is 8.54. The minimum absolute atomic E-state index is 0. The summed E-state index contributed by atoms with van der Waals surface area (Å²) in [6.07, 6.45) is -4.39. The lowest BCUT2D eigenvalue weighted by molar-refractivity contribution is -0.137. The zero-order chi connectivity index (χ0) is 13.9. The molecule has 0 saturated carbocycles. The average Bonchev–Trinajstić information content (AvgIpc) is 2.40. The van der Waals surface area contributed by atoms with Gasteiger partial charge >= 0.3 is 6.18 Å². The summed E-state index contributed by atoms with van der Waals surface area (Å²) in [5.74, 6) is 0. The molecular weight excluding hydrogens is 331 g/mol. The van der Waals surface area contributed by atoms with E-state index < -0.39 is 24.5 Å². The average molecular weight is 349 g/mol. The molecule has 1 atom stereocenters. The first-order chi connectivity index (χ1) is 9.02. The van der Waals surface area contributed by atoms with Gasteiger partial charge in [0.25, 0.3) is 0 Å². The van der Waals surface area contributed by atoms with E-state index in [1.54, 1.807) is 6.07 Å². The largest absolute Gasteiger partial charge is 0.416 e. The maximum atomic E-state index is 13.2. The summed E-state index contributed by atoms with van der Waals surface area (Å²) >= 11 is 0. The van der Waals surface area contributed by atoms with Crippen molar-refractivity contribution in [2.75, 3.05) is 32.9 Å². The van der Waals surface area contributed by atoms with Gasteiger partial charge in [0.15, 0.2) is 0 Å². The first-order valence-corrected chi connectivity index (χ1v) is 6.20. The Labute approximate surface area is 133 Å². The number of halogens is 6. The van der Waals surface area contributed by atoms with Crippen molar-refractivity contribution >= 4 is 24.8 Å². The van der Waals surface area contributed by atoms with Crippen molar-refractivity contribution in [3.63, 3.8) is 0 Å². The Morgan fingerprint density at radius 2 is 1.76 bits per heavy atom. The molecule has 2 rings (SSSR count). The van der Waals surface area contributed by atoms with E-state index in [0.717, 1.165) is 25.2 Å². The molecule has 0 aromatic heterocycles. The van der Waals surface area contributed by atoms with Gasteiger partial charge in [0.2, 0.25) is 0 Å². The smallest absolute Gasteiger partial charge is 0.314 e. The molecule has 122 valence electrons. The number of hydrogen-bond donors (Lipinski definition) is 1. The zero-order valence-electron chi connectivity index (χ0n) is 11.2. The molecule has 1 aliphatic heterocycles. The maximum Gasteiger partial charge on any atom is 0.416 e. The number of hydrogen-bond acceptors (Lipinski definition) is 2. The predicted molar refractivity (Wildman–Crippen MR) is 79.1 cm³/mol. The van der Waals surface area contributed by atoms with Gasteiger partial charge < -0.3 is 5.32 Å². The van der Waals surface area contributed by atoms with E-state index in [9.17, 15) is 17.6 Å². The summed E-state index contributed by atoms with van der Waals surface area (Å²) in [4.78, 5) is 1.88. The normalized spacial score (nSPS) is 17.5. The van der Waals surface area contributed by atoms with Crippen LogP contribution in [0.25, 0.3) is 0 Å². The van der Waals surface area contributed by atoms with Crippen molar-refractivity contribution in [3.05, 3.63) is 35.4 Å². The molecule has 1 fully saturated rings. The monoisotopic (exact) mass is 348 g/mol. The van der Waals surface area contributed by atoms with Gasteiger partial charge in [-0.3, -0.25) is 4.90 Å². The minimum atomic E-state index is -4.39. The first kappa shape index (κ1) is 20.4. The predicted octanol–water partition coefficient (Wildman–Crippen LogP) is 3.46. The highest BCUT2D eigenvalue weighted by Gasteiger charge is 2.31. The van der Waals surface area contributed by atoms with E-state index in [-0.39, 0.29) is 24.8 Å². The summed E-state index contributed by atoms with van der Waals surface area (Å²) < 4.78 is 51.2. The van der Waals surface area contributed by atoms with Crippen LogP contribution in [0.4, 0.5) is 17.6 Å². The summed E-state index contributed by atoms with van der Waals surface area (Å²) in [7, 11) is 0. The molecular formula is C13H18Cl2F4N2. The second-order valence-electron chi connectivity index (χ2n) is 4.58. The molecule has 0 aliphatic carbocycles. The molecule has 1 heterocycles. The van der Waals surface area contributed by atoms with Crippen LogP contribution in [0.15, 0.2) is 24.3 Å². The van der Waals surface area contributed by atoms with Gasteiger partial charge in [-0.2, -0.15) is 13.2 Å². The van der Waals surface area contributed by atoms with Gasteiger partial charge in [-0.25, -0.2) is 4.39 Å². The van der Waals surface area contributed by atoms with Crippen LogP contribution in [0.1, 0.15) is 17.2 Å². The number of nitrogens with one attached hydrogen (secondary N) is 1. The SMILES string of the molecule is Cl.Cl.FC[C@H](c1cccc(C(F)(F)F)c1)N1CCNCC1. The third-order valence-electron chi connectivity index (χ3n) is 3.34. The molecule has 21 heavy (non-hydrogen) atoms. The molecule has 1 aliphatic rings. The maximum absolute atomic E-state index is 13.2. The van der Waals surface area contributed by atoms with E-state index in [4.69, 9.17) is 0 Å². The molecule has 1 saturated heterocycles. The lowest BCUT2D eigenvalue weighted by atomic mass is 10.0. The van der Waals surface area contributed by atoms with E-state index in [1.807, 2.05) is 4.90 Å². The number of alkyl halides is 4. The molecule has 1 aromatic carbocycles. The zero-order valence-corrected chi connectivity index (χ0v) is 12.8. The number of nitrogens with zero attached hydrogens (tertiary/aromatic N) is 1. The second-order valence-corrected chi connectivity index (χ2v) is 4.58. The van der Waals surface area contributed by atoms with E-state index in [2.05, 4.69) is 5.32 Å². The molecule has 1 N–H and O–H groups in total. The van der Waals surface area contributed by atoms with E-state index >= 15 is 0 Å². The minimum Gasteiger partial charge on any atom is -0.314 e. The summed E-state index contributed by atoms with van der Waals surface area (Å²) in [5.41, 5.74) is -0.335. The molecule has 0 unspecified atom stereocenters. The van der Waals surface area contributed by atoms with Crippen molar-refractivity contribution in [2.24, 2.45) is 0 Å². The highest BCUT2D eigenvalue weighted by molar-refractivity contribution is 5.85. The van der Waals surface area contributed by atoms with Crippen LogP contribution >= 0.6 is 24.8 Å². The lowest BCUT2D eigenvalue weighted by Gasteiger charge is -2.33. The molecule has 0 spiro atoms. The van der Waals surface area contributed by atoms with Gasteiger partial charge in [0.05, 0.1) is 11.6 Å². The molecule has 0 amide bonds. The molecule has 0 bridgehead atoms. The van der Waals surface area contributed by atoms with Crippen molar-refractivity contribution in [2.45, 2.75) is 12.2 Å². The van der Waals surface area contributed by atoms with Crippen molar-refractivity contribution < 1.29 is 17.6 Å². The van der Waals surface area contributed by atoms with E-state index in [0.29, 0.717) is 18.7 Å². The Hall–Kier alpha value is -0.560. The van der Waals surface area contributed by atoms with Crippen molar-refractivity contribution in [1.82, 2.24) is 10.2 Å². The molecule has 1 aromatic rings. The second kappa shape index (κ2) is 8.78. The summed E-state index contributed by atoms with van der Waals surface area (Å²) in [5, 5.41) is 3.14. The topological polar surface area (TPSA) is 15.3 Å². The number of rotatable bonds is 3. The molecule has 2 nitrogen and oxygen atoms in total. The Morgan fingerprint density at radius 3 is 2.29 bits per heavy atom. The lowest BCUT2D eigenvalue weighted by Crippen LogP contribution is -2.45. The Balaban J connectivity index is 0.00000200. The fourth-order valence-corrected chi connectivity index (χ4v) is 2.31. The highest BCUT2D eigenvalue weighted by atomic mass is 35.5. The van der Waals surface area contributed by atoms with Crippen LogP contribution in [-0.4, -0.2) is 37.8 Å². The quantitative estimate of drug-likeness (QED) is 0.841. The molecule has 8 heteroatoms. The first-order valence-electron chi connectivity index (χ1n) is 6.20. The van der Waals surface area contributed by atoms with E-state index in [1.165, 1.54) is 6.07 Å². The van der Waals surface area contributed by atoms with Gasteiger partial charge in [0, 0.05) is 26.2 Å². The Bertz CT molecular complexity index is 423. The van der Waals surface area contributed by atoms with Gasteiger partial charge in [-0.05, 0) is 17.7 Å².